The number of carbonyl (C=O) groups is 1. The van der Waals surface area contributed by atoms with Crippen LogP contribution in [-0.4, -0.2) is 17.6 Å². The Balaban J connectivity index is 1.88. The Bertz CT molecular complexity index is 1150. The predicted molar refractivity (Wildman–Crippen MR) is 137 cm³/mol. The van der Waals surface area contributed by atoms with Gasteiger partial charge in [0.15, 0.2) is 5.60 Å². The van der Waals surface area contributed by atoms with Crippen LogP contribution in [0.5, 0.6) is 5.75 Å². The van der Waals surface area contributed by atoms with Crippen LogP contribution in [0, 0.1) is 18.6 Å². The SMILES string of the molecule is Cc1c(F)cc(OC(C)(C)C(=O)NC(C)[C@@H](c2ccccc2)C(C)(C)c2ccc(Cl)cc2)cc1F. The summed E-state index contributed by atoms with van der Waals surface area (Å²) in [6.45, 7) is 10.7. The number of carbonyl (C=O) groups excluding carboxylic acids is 1. The third-order valence-electron chi connectivity index (χ3n) is 6.56. The molecule has 0 heterocycles. The summed E-state index contributed by atoms with van der Waals surface area (Å²) in [5.41, 5.74) is 0.323. The summed E-state index contributed by atoms with van der Waals surface area (Å²) in [5.74, 6) is -1.98. The van der Waals surface area contributed by atoms with Gasteiger partial charge in [-0.25, -0.2) is 8.78 Å². The Morgan fingerprint density at radius 2 is 1.49 bits per heavy atom. The van der Waals surface area contributed by atoms with E-state index in [1.165, 1.54) is 6.92 Å². The molecule has 0 aliphatic rings. The Morgan fingerprint density at radius 1 is 0.943 bits per heavy atom. The molecule has 0 spiro atoms. The first-order chi connectivity index (χ1) is 16.3. The minimum atomic E-state index is -1.37. The maximum Gasteiger partial charge on any atom is 0.263 e. The number of hydrogen-bond donors (Lipinski definition) is 1. The van der Waals surface area contributed by atoms with Crippen molar-refractivity contribution >= 4 is 17.5 Å². The number of benzene rings is 3. The van der Waals surface area contributed by atoms with Gasteiger partial charge in [0.2, 0.25) is 0 Å². The molecule has 1 N–H and O–H groups in total. The van der Waals surface area contributed by atoms with Crippen molar-refractivity contribution in [2.75, 3.05) is 0 Å². The second kappa shape index (κ2) is 10.4. The molecule has 3 rings (SSSR count). The molecule has 0 aliphatic heterocycles. The molecule has 0 aliphatic carbocycles. The summed E-state index contributed by atoms with van der Waals surface area (Å²) in [4.78, 5) is 13.3. The standard InChI is InChI=1S/C29H32ClF2NO2/c1-18-24(31)16-23(17-25(18)32)35-29(5,6)27(34)33-19(2)26(20-10-8-7-9-11-20)28(3,4)21-12-14-22(30)15-13-21/h7-17,19,26H,1-6H3,(H,33,34)/t19?,26-/m0/s1. The number of halogens is 3. The molecule has 3 nitrogen and oxygen atoms in total. The van der Waals surface area contributed by atoms with Crippen molar-refractivity contribution in [3.63, 3.8) is 0 Å². The van der Waals surface area contributed by atoms with Crippen LogP contribution < -0.4 is 10.1 Å². The van der Waals surface area contributed by atoms with Gasteiger partial charge in [0.05, 0.1) is 0 Å². The van der Waals surface area contributed by atoms with Gasteiger partial charge in [-0.2, -0.15) is 0 Å². The maximum absolute atomic E-state index is 14.0. The van der Waals surface area contributed by atoms with Crippen LogP contribution in [0.2, 0.25) is 5.02 Å². The zero-order valence-electron chi connectivity index (χ0n) is 21.0. The number of hydrogen-bond acceptors (Lipinski definition) is 2. The van der Waals surface area contributed by atoms with Crippen LogP contribution in [0.25, 0.3) is 0 Å². The molecule has 1 amide bonds. The molecule has 35 heavy (non-hydrogen) atoms. The first kappa shape index (κ1) is 26.7. The number of amides is 1. The third kappa shape index (κ3) is 6.02. The molecule has 2 atom stereocenters. The molecule has 0 saturated carbocycles. The predicted octanol–water partition coefficient (Wildman–Crippen LogP) is 7.35. The Hall–Kier alpha value is -2.92. The van der Waals surface area contributed by atoms with Gasteiger partial charge < -0.3 is 10.1 Å². The number of rotatable bonds is 8. The lowest BCUT2D eigenvalue weighted by Gasteiger charge is -2.40. The highest BCUT2D eigenvalue weighted by atomic mass is 35.5. The highest BCUT2D eigenvalue weighted by Crippen LogP contribution is 2.41. The minimum Gasteiger partial charge on any atom is -0.478 e. The second-order valence-electron chi connectivity index (χ2n) is 10.0. The van der Waals surface area contributed by atoms with Gasteiger partial charge >= 0.3 is 0 Å². The molecule has 0 bridgehead atoms. The van der Waals surface area contributed by atoms with Crippen molar-refractivity contribution in [1.82, 2.24) is 5.32 Å². The van der Waals surface area contributed by atoms with Crippen molar-refractivity contribution in [2.24, 2.45) is 0 Å². The van der Waals surface area contributed by atoms with Crippen molar-refractivity contribution < 1.29 is 18.3 Å². The van der Waals surface area contributed by atoms with Gasteiger partial charge in [-0.05, 0) is 56.4 Å². The third-order valence-corrected chi connectivity index (χ3v) is 6.81. The van der Waals surface area contributed by atoms with E-state index in [9.17, 15) is 13.6 Å². The zero-order chi connectivity index (χ0) is 26.0. The first-order valence-electron chi connectivity index (χ1n) is 11.6. The molecule has 0 fully saturated rings. The van der Waals surface area contributed by atoms with Crippen LogP contribution in [-0.2, 0) is 10.2 Å². The van der Waals surface area contributed by atoms with Crippen LogP contribution >= 0.6 is 11.6 Å². The van der Waals surface area contributed by atoms with Crippen molar-refractivity contribution in [1.29, 1.82) is 0 Å². The number of ether oxygens (including phenoxy) is 1. The van der Waals surface area contributed by atoms with Crippen molar-refractivity contribution in [3.05, 3.63) is 100 Å². The summed E-state index contributed by atoms with van der Waals surface area (Å²) in [6.07, 6.45) is 0. The summed E-state index contributed by atoms with van der Waals surface area (Å²) in [7, 11) is 0. The monoisotopic (exact) mass is 499 g/mol. The van der Waals surface area contributed by atoms with Gasteiger partial charge in [-0.3, -0.25) is 4.79 Å². The Labute approximate surface area is 211 Å². The molecule has 0 saturated heterocycles. The smallest absolute Gasteiger partial charge is 0.263 e. The molecule has 1 unspecified atom stereocenters. The fourth-order valence-corrected chi connectivity index (χ4v) is 4.66. The van der Waals surface area contributed by atoms with Gasteiger partial charge in [0.25, 0.3) is 5.91 Å². The fourth-order valence-electron chi connectivity index (χ4n) is 4.54. The largest absolute Gasteiger partial charge is 0.478 e. The molecular weight excluding hydrogens is 468 g/mol. The lowest BCUT2D eigenvalue weighted by Crippen LogP contribution is -2.52. The van der Waals surface area contributed by atoms with Crippen molar-refractivity contribution in [2.45, 2.75) is 64.5 Å². The molecule has 3 aromatic carbocycles. The molecule has 6 heteroatoms. The van der Waals surface area contributed by atoms with Crippen LogP contribution in [0.15, 0.2) is 66.7 Å². The van der Waals surface area contributed by atoms with Gasteiger partial charge in [0, 0.05) is 34.7 Å². The summed E-state index contributed by atoms with van der Waals surface area (Å²) >= 11 is 6.12. The molecule has 0 radical (unpaired) electrons. The van der Waals surface area contributed by atoms with Crippen LogP contribution in [0.3, 0.4) is 0 Å². The van der Waals surface area contributed by atoms with E-state index in [4.69, 9.17) is 16.3 Å². The Morgan fingerprint density at radius 3 is 2.03 bits per heavy atom. The van der Waals surface area contributed by atoms with E-state index < -0.39 is 17.2 Å². The highest BCUT2D eigenvalue weighted by molar-refractivity contribution is 6.30. The van der Waals surface area contributed by atoms with Gasteiger partial charge in [-0.1, -0.05) is 67.9 Å². The highest BCUT2D eigenvalue weighted by Gasteiger charge is 2.39. The zero-order valence-corrected chi connectivity index (χ0v) is 21.7. The van der Waals surface area contributed by atoms with E-state index in [1.807, 2.05) is 61.5 Å². The van der Waals surface area contributed by atoms with Gasteiger partial charge in [0.1, 0.15) is 17.4 Å². The van der Waals surface area contributed by atoms with E-state index in [2.05, 4.69) is 19.2 Å². The summed E-state index contributed by atoms with van der Waals surface area (Å²) in [5, 5.41) is 3.75. The maximum atomic E-state index is 14.0. The molecular formula is C29H32ClF2NO2. The average Bonchev–Trinajstić information content (AvgIpc) is 2.78. The minimum absolute atomic E-state index is 0.0421. The topological polar surface area (TPSA) is 38.3 Å². The van der Waals surface area contributed by atoms with Crippen LogP contribution in [0.4, 0.5) is 8.78 Å². The lowest BCUT2D eigenvalue weighted by atomic mass is 9.67. The first-order valence-corrected chi connectivity index (χ1v) is 12.0. The number of nitrogens with one attached hydrogen (secondary N) is 1. The van der Waals surface area contributed by atoms with E-state index >= 15 is 0 Å². The van der Waals surface area contributed by atoms with E-state index in [0.717, 1.165) is 23.3 Å². The molecule has 0 aromatic heterocycles. The van der Waals surface area contributed by atoms with E-state index in [-0.39, 0.29) is 34.6 Å². The second-order valence-corrected chi connectivity index (χ2v) is 10.4. The average molecular weight is 500 g/mol. The normalized spacial score (nSPS) is 13.7. The van der Waals surface area contributed by atoms with E-state index in [1.54, 1.807) is 13.8 Å². The fraction of sp³-hybridized carbons (Fsp3) is 0.345. The lowest BCUT2D eigenvalue weighted by molar-refractivity contribution is -0.135. The quantitative estimate of drug-likeness (QED) is 0.352. The molecule has 186 valence electrons. The Kier molecular flexibility index (Phi) is 7.90. The summed E-state index contributed by atoms with van der Waals surface area (Å²) in [6, 6.07) is 19.6. The summed E-state index contributed by atoms with van der Waals surface area (Å²) < 4.78 is 33.8. The van der Waals surface area contributed by atoms with Gasteiger partial charge in [-0.15, -0.1) is 0 Å². The van der Waals surface area contributed by atoms with Crippen molar-refractivity contribution in [3.8, 4) is 5.75 Å². The van der Waals surface area contributed by atoms with Crippen LogP contribution in [0.1, 0.15) is 57.2 Å². The molecule has 3 aromatic rings. The van der Waals surface area contributed by atoms with E-state index in [0.29, 0.717) is 5.02 Å².